The molecule has 0 unspecified atom stereocenters. The summed E-state index contributed by atoms with van der Waals surface area (Å²) in [6.45, 7) is 1.49. The minimum atomic E-state index is -0.498. The van der Waals surface area contributed by atoms with E-state index in [1.54, 1.807) is 12.5 Å². The Kier molecular flexibility index (Phi) is 3.89. The van der Waals surface area contributed by atoms with E-state index < -0.39 is 5.91 Å². The van der Waals surface area contributed by atoms with Gasteiger partial charge >= 0.3 is 0 Å². The van der Waals surface area contributed by atoms with Crippen molar-refractivity contribution in [2.45, 2.75) is 13.0 Å². The zero-order valence-electron chi connectivity index (χ0n) is 13.7. The molecular weight excluding hydrogens is 338 g/mol. The first-order valence-corrected chi connectivity index (χ1v) is 8.74. The second kappa shape index (κ2) is 6.21. The van der Waals surface area contributed by atoms with Crippen LogP contribution in [0.2, 0.25) is 0 Å². The van der Waals surface area contributed by atoms with Gasteiger partial charge in [-0.3, -0.25) is 4.79 Å². The lowest BCUT2D eigenvalue weighted by Gasteiger charge is -2.25. The van der Waals surface area contributed by atoms with Gasteiger partial charge in [0, 0.05) is 23.9 Å². The average molecular weight is 355 g/mol. The number of carbonyl (C=O) groups excluding carboxylic acids is 1. The van der Waals surface area contributed by atoms with E-state index in [-0.39, 0.29) is 0 Å². The lowest BCUT2D eigenvalue weighted by Crippen LogP contribution is -2.30. The lowest BCUT2D eigenvalue weighted by molar-refractivity contribution is 0.0996. The van der Waals surface area contributed by atoms with Gasteiger partial charge < -0.3 is 20.4 Å². The number of aromatic amines is 1. The molecule has 3 aromatic rings. The first-order chi connectivity index (χ1) is 12.1. The van der Waals surface area contributed by atoms with Gasteiger partial charge in [-0.1, -0.05) is 12.1 Å². The maximum atomic E-state index is 11.2. The monoisotopic (exact) mass is 355 g/mol. The number of rotatable bonds is 4. The largest absolute Gasteiger partial charge is 0.497 e. The Labute approximate surface area is 148 Å². The molecular formula is C17H17N5O2S. The van der Waals surface area contributed by atoms with Gasteiger partial charge in [-0.15, -0.1) is 11.3 Å². The van der Waals surface area contributed by atoms with Gasteiger partial charge in [0.2, 0.25) is 0 Å². The van der Waals surface area contributed by atoms with E-state index >= 15 is 0 Å². The predicted octanol–water partition coefficient (Wildman–Crippen LogP) is 2.20. The number of nitrogens with two attached hydrogens (primary N) is 1. The molecule has 0 bridgehead atoms. The van der Waals surface area contributed by atoms with Gasteiger partial charge in [-0.25, -0.2) is 9.97 Å². The van der Waals surface area contributed by atoms with Crippen molar-refractivity contribution in [2.24, 2.45) is 5.73 Å². The molecule has 8 heteroatoms. The Morgan fingerprint density at radius 2 is 2.28 bits per heavy atom. The van der Waals surface area contributed by atoms with Crippen LogP contribution in [0.3, 0.4) is 0 Å². The van der Waals surface area contributed by atoms with Crippen LogP contribution in [0.1, 0.15) is 21.9 Å². The Balaban J connectivity index is 1.59. The molecule has 0 radical (unpaired) electrons. The maximum Gasteiger partial charge on any atom is 0.268 e. The summed E-state index contributed by atoms with van der Waals surface area (Å²) in [5.41, 5.74) is 8.73. The fourth-order valence-corrected chi connectivity index (χ4v) is 3.73. The third kappa shape index (κ3) is 2.96. The molecule has 128 valence electrons. The lowest BCUT2D eigenvalue weighted by atomic mass is 10.1. The number of benzene rings is 1. The van der Waals surface area contributed by atoms with Crippen molar-refractivity contribution < 1.29 is 9.53 Å². The number of nitrogens with one attached hydrogen (secondary N) is 1. The molecule has 25 heavy (non-hydrogen) atoms. The van der Waals surface area contributed by atoms with E-state index in [1.165, 1.54) is 11.3 Å². The standard InChI is InChI=1S/C17H17N5O2S/c1-24-11-4-2-3-10(7-11)16-19-12-5-6-22(8-13(12)20-16)17-21-14(9-25-17)15(18)23/h2-4,7,9H,5-6,8H2,1H3,(H2,18,23)(H,19,20). The first kappa shape index (κ1) is 15.6. The fourth-order valence-electron chi connectivity index (χ4n) is 2.89. The molecule has 2 aromatic heterocycles. The molecule has 1 aromatic carbocycles. The molecule has 3 heterocycles. The van der Waals surface area contributed by atoms with Crippen molar-refractivity contribution in [2.75, 3.05) is 18.6 Å². The number of nitrogens with zero attached hydrogens (tertiary/aromatic N) is 3. The van der Waals surface area contributed by atoms with Crippen LogP contribution in [0.15, 0.2) is 29.6 Å². The molecule has 0 atom stereocenters. The van der Waals surface area contributed by atoms with E-state index in [1.807, 2.05) is 24.3 Å². The number of hydrogen-bond donors (Lipinski definition) is 2. The summed E-state index contributed by atoms with van der Waals surface area (Å²) in [5, 5.41) is 2.50. The molecule has 0 saturated heterocycles. The highest BCUT2D eigenvalue weighted by Gasteiger charge is 2.23. The molecule has 0 aliphatic carbocycles. The van der Waals surface area contributed by atoms with Crippen molar-refractivity contribution in [1.29, 1.82) is 0 Å². The number of ether oxygens (including phenoxy) is 1. The SMILES string of the molecule is COc1cccc(-c2nc3c([nH]2)CN(c2nc(C(N)=O)cs2)CC3)c1. The number of thiazole rings is 1. The number of primary amides is 1. The average Bonchev–Trinajstić information content (AvgIpc) is 3.28. The second-order valence-corrected chi connectivity index (χ2v) is 6.63. The number of aromatic nitrogens is 3. The first-order valence-electron chi connectivity index (χ1n) is 7.86. The number of H-pyrrole nitrogens is 1. The van der Waals surface area contributed by atoms with Gasteiger partial charge in [-0.2, -0.15) is 0 Å². The summed E-state index contributed by atoms with van der Waals surface area (Å²) in [4.78, 5) is 25.8. The minimum Gasteiger partial charge on any atom is -0.497 e. The molecule has 0 fully saturated rings. The Morgan fingerprint density at radius 3 is 3.04 bits per heavy atom. The van der Waals surface area contributed by atoms with Gasteiger partial charge in [-0.05, 0) is 12.1 Å². The number of imidazole rings is 1. The van der Waals surface area contributed by atoms with Crippen LogP contribution in [-0.4, -0.2) is 34.5 Å². The molecule has 3 N–H and O–H groups in total. The van der Waals surface area contributed by atoms with Crippen LogP contribution >= 0.6 is 11.3 Å². The number of amides is 1. The molecule has 0 saturated carbocycles. The molecule has 1 aliphatic rings. The van der Waals surface area contributed by atoms with Crippen molar-refractivity contribution in [3.8, 4) is 17.1 Å². The van der Waals surface area contributed by atoms with E-state index in [9.17, 15) is 4.79 Å². The smallest absolute Gasteiger partial charge is 0.268 e. The number of carbonyl (C=O) groups is 1. The molecule has 7 nitrogen and oxygen atoms in total. The fraction of sp³-hybridized carbons (Fsp3) is 0.235. The summed E-state index contributed by atoms with van der Waals surface area (Å²) in [7, 11) is 1.65. The quantitative estimate of drug-likeness (QED) is 0.748. The van der Waals surface area contributed by atoms with Gasteiger partial charge in [0.15, 0.2) is 5.13 Å². The third-order valence-electron chi connectivity index (χ3n) is 4.19. The summed E-state index contributed by atoms with van der Waals surface area (Å²) < 4.78 is 5.28. The highest BCUT2D eigenvalue weighted by atomic mass is 32.1. The summed E-state index contributed by atoms with van der Waals surface area (Å²) >= 11 is 1.43. The normalized spacial score (nSPS) is 13.6. The maximum absolute atomic E-state index is 11.2. The zero-order valence-corrected chi connectivity index (χ0v) is 14.5. The minimum absolute atomic E-state index is 0.312. The van der Waals surface area contributed by atoms with E-state index in [4.69, 9.17) is 15.5 Å². The van der Waals surface area contributed by atoms with Gasteiger partial charge in [0.1, 0.15) is 17.3 Å². The Morgan fingerprint density at radius 1 is 1.40 bits per heavy atom. The summed E-state index contributed by atoms with van der Waals surface area (Å²) in [5.74, 6) is 1.14. The zero-order chi connectivity index (χ0) is 17.4. The van der Waals surface area contributed by atoms with Crippen molar-refractivity contribution >= 4 is 22.4 Å². The van der Waals surface area contributed by atoms with E-state index in [0.717, 1.165) is 46.6 Å². The number of hydrogen-bond acceptors (Lipinski definition) is 6. The summed E-state index contributed by atoms with van der Waals surface area (Å²) in [6.07, 6.45) is 0.821. The molecule has 1 aliphatic heterocycles. The van der Waals surface area contributed by atoms with Crippen LogP contribution in [0.5, 0.6) is 5.75 Å². The van der Waals surface area contributed by atoms with Crippen LogP contribution in [0.4, 0.5) is 5.13 Å². The Bertz CT molecular complexity index is 933. The van der Waals surface area contributed by atoms with Crippen molar-refractivity contribution in [3.05, 3.63) is 46.7 Å². The van der Waals surface area contributed by atoms with E-state index in [2.05, 4.69) is 14.9 Å². The van der Waals surface area contributed by atoms with Crippen molar-refractivity contribution in [1.82, 2.24) is 15.0 Å². The molecule has 1 amide bonds. The third-order valence-corrected chi connectivity index (χ3v) is 5.09. The predicted molar refractivity (Wildman–Crippen MR) is 96.0 cm³/mol. The van der Waals surface area contributed by atoms with Crippen molar-refractivity contribution in [3.63, 3.8) is 0 Å². The summed E-state index contributed by atoms with van der Waals surface area (Å²) in [6, 6.07) is 7.82. The number of fused-ring (bicyclic) bond motifs is 1. The van der Waals surface area contributed by atoms with Crippen LogP contribution < -0.4 is 15.4 Å². The van der Waals surface area contributed by atoms with E-state index in [0.29, 0.717) is 12.2 Å². The highest BCUT2D eigenvalue weighted by Crippen LogP contribution is 2.29. The van der Waals surface area contributed by atoms with Crippen LogP contribution in [-0.2, 0) is 13.0 Å². The topological polar surface area (TPSA) is 97.1 Å². The number of methoxy groups -OCH3 is 1. The van der Waals surface area contributed by atoms with Gasteiger partial charge in [0.25, 0.3) is 5.91 Å². The van der Waals surface area contributed by atoms with Crippen LogP contribution in [0, 0.1) is 0 Å². The highest BCUT2D eigenvalue weighted by molar-refractivity contribution is 7.13. The van der Waals surface area contributed by atoms with Crippen LogP contribution in [0.25, 0.3) is 11.4 Å². The Hall–Kier alpha value is -2.87. The molecule has 4 rings (SSSR count). The van der Waals surface area contributed by atoms with Gasteiger partial charge in [0.05, 0.1) is 25.0 Å². The second-order valence-electron chi connectivity index (χ2n) is 5.79. The molecule has 0 spiro atoms. The number of anilines is 1.